The maximum absolute atomic E-state index is 13.3. The van der Waals surface area contributed by atoms with E-state index >= 15 is 0 Å². The lowest BCUT2D eigenvalue weighted by Gasteiger charge is -2.12. The largest absolute Gasteiger partial charge is 0.497 e. The van der Waals surface area contributed by atoms with E-state index in [4.69, 9.17) is 4.74 Å². The van der Waals surface area contributed by atoms with Crippen molar-refractivity contribution in [3.63, 3.8) is 0 Å². The molecule has 126 valence electrons. The van der Waals surface area contributed by atoms with Gasteiger partial charge in [-0.05, 0) is 43.3 Å². The van der Waals surface area contributed by atoms with E-state index in [0.717, 1.165) is 22.8 Å². The third kappa shape index (κ3) is 4.45. The minimum absolute atomic E-state index is 0.176. The van der Waals surface area contributed by atoms with Crippen LogP contribution < -0.4 is 10.1 Å². The molecule has 6 nitrogen and oxygen atoms in total. The molecule has 0 aliphatic heterocycles. The number of hydrogen-bond acceptors (Lipinski definition) is 5. The van der Waals surface area contributed by atoms with Crippen LogP contribution in [0.15, 0.2) is 47.4 Å². The fourth-order valence-electron chi connectivity index (χ4n) is 1.89. The highest BCUT2D eigenvalue weighted by molar-refractivity contribution is 8.00. The second kappa shape index (κ2) is 7.78. The number of nitrogens with zero attached hydrogens (tertiary/aromatic N) is 1. The summed E-state index contributed by atoms with van der Waals surface area (Å²) in [5.74, 6) is -0.564. The highest BCUT2D eigenvalue weighted by Crippen LogP contribution is 2.27. The van der Waals surface area contributed by atoms with Gasteiger partial charge in [0.15, 0.2) is 0 Å². The van der Waals surface area contributed by atoms with Crippen molar-refractivity contribution in [2.75, 3.05) is 12.4 Å². The number of carbonyl (C=O) groups is 1. The molecule has 8 heteroatoms. The molecular formula is C16H15FN2O4S. The van der Waals surface area contributed by atoms with Crippen molar-refractivity contribution in [2.24, 2.45) is 0 Å². The van der Waals surface area contributed by atoms with Gasteiger partial charge in [0, 0.05) is 16.6 Å². The molecule has 0 unspecified atom stereocenters. The van der Waals surface area contributed by atoms with Crippen LogP contribution >= 0.6 is 11.8 Å². The fourth-order valence-corrected chi connectivity index (χ4v) is 2.75. The van der Waals surface area contributed by atoms with Gasteiger partial charge >= 0.3 is 5.69 Å². The molecular weight excluding hydrogens is 335 g/mol. The van der Waals surface area contributed by atoms with Crippen LogP contribution in [-0.2, 0) is 4.79 Å². The van der Waals surface area contributed by atoms with Gasteiger partial charge < -0.3 is 10.1 Å². The van der Waals surface area contributed by atoms with Crippen molar-refractivity contribution in [1.82, 2.24) is 0 Å². The van der Waals surface area contributed by atoms with E-state index < -0.39 is 21.7 Å². The average Bonchev–Trinajstić information content (AvgIpc) is 2.57. The normalized spacial score (nSPS) is 11.6. The molecule has 2 aromatic carbocycles. The topological polar surface area (TPSA) is 81.5 Å². The number of nitro groups is 1. The van der Waals surface area contributed by atoms with Crippen LogP contribution in [0.5, 0.6) is 5.75 Å². The van der Waals surface area contributed by atoms with Crippen molar-refractivity contribution in [2.45, 2.75) is 17.1 Å². The zero-order chi connectivity index (χ0) is 17.7. The van der Waals surface area contributed by atoms with Crippen LogP contribution in [-0.4, -0.2) is 23.2 Å². The SMILES string of the molecule is COc1ccc(S[C@@H](C)C(=O)Nc2ccc(F)c([N+](=O)[O-])c2)cc1. The quantitative estimate of drug-likeness (QED) is 0.486. The lowest BCUT2D eigenvalue weighted by atomic mass is 10.2. The Morgan fingerprint density at radius 2 is 1.96 bits per heavy atom. The second-order valence-corrected chi connectivity index (χ2v) is 6.26. The van der Waals surface area contributed by atoms with E-state index in [-0.39, 0.29) is 11.6 Å². The van der Waals surface area contributed by atoms with Gasteiger partial charge in [0.25, 0.3) is 0 Å². The lowest BCUT2D eigenvalue weighted by Crippen LogP contribution is -2.22. The number of carbonyl (C=O) groups excluding carboxylic acids is 1. The van der Waals surface area contributed by atoms with Gasteiger partial charge in [0.1, 0.15) is 5.75 Å². The highest BCUT2D eigenvalue weighted by Gasteiger charge is 2.18. The number of rotatable bonds is 6. The molecule has 0 fully saturated rings. The molecule has 24 heavy (non-hydrogen) atoms. The summed E-state index contributed by atoms with van der Waals surface area (Å²) < 4.78 is 18.4. The summed E-state index contributed by atoms with van der Waals surface area (Å²) in [5.41, 5.74) is -0.501. The summed E-state index contributed by atoms with van der Waals surface area (Å²) in [5, 5.41) is 12.8. The van der Waals surface area contributed by atoms with Gasteiger partial charge in [-0.25, -0.2) is 0 Å². The number of nitro benzene ring substituents is 1. The Balaban J connectivity index is 2.03. The van der Waals surface area contributed by atoms with E-state index in [0.29, 0.717) is 0 Å². The Morgan fingerprint density at radius 1 is 1.29 bits per heavy atom. The highest BCUT2D eigenvalue weighted by atomic mass is 32.2. The van der Waals surface area contributed by atoms with Crippen LogP contribution in [0.2, 0.25) is 0 Å². The smallest absolute Gasteiger partial charge is 0.306 e. The molecule has 0 aliphatic rings. The third-order valence-electron chi connectivity index (χ3n) is 3.15. The molecule has 0 aliphatic carbocycles. The van der Waals surface area contributed by atoms with Gasteiger partial charge in [-0.2, -0.15) is 4.39 Å². The molecule has 2 rings (SSSR count). The first-order chi connectivity index (χ1) is 11.4. The standard InChI is InChI=1S/C16H15FN2O4S/c1-10(24-13-6-4-12(23-2)5-7-13)16(20)18-11-3-8-14(17)15(9-11)19(21)22/h3-10H,1-2H3,(H,18,20)/t10-/m0/s1. The van der Waals surface area contributed by atoms with E-state index in [1.54, 1.807) is 26.2 Å². The zero-order valence-corrected chi connectivity index (χ0v) is 13.8. The molecule has 0 bridgehead atoms. The number of hydrogen-bond donors (Lipinski definition) is 1. The second-order valence-electron chi connectivity index (χ2n) is 4.85. The number of nitrogens with one attached hydrogen (secondary N) is 1. The minimum atomic E-state index is -0.946. The Hall–Kier alpha value is -2.61. The van der Waals surface area contributed by atoms with Gasteiger partial charge in [0.05, 0.1) is 17.3 Å². The summed E-state index contributed by atoms with van der Waals surface area (Å²) in [4.78, 5) is 23.0. The van der Waals surface area contributed by atoms with Gasteiger partial charge in [-0.1, -0.05) is 0 Å². The number of halogens is 1. The molecule has 2 aromatic rings. The van der Waals surface area contributed by atoms with Gasteiger partial charge in [0.2, 0.25) is 11.7 Å². The molecule has 1 atom stereocenters. The first-order valence-electron chi connectivity index (χ1n) is 6.96. The van der Waals surface area contributed by atoms with Crippen LogP contribution in [0.4, 0.5) is 15.8 Å². The summed E-state index contributed by atoms with van der Waals surface area (Å²) in [7, 11) is 1.57. The Morgan fingerprint density at radius 3 is 2.54 bits per heavy atom. The van der Waals surface area contributed by atoms with E-state index in [1.807, 2.05) is 12.1 Å². The third-order valence-corrected chi connectivity index (χ3v) is 4.26. The van der Waals surface area contributed by atoms with Crippen molar-refractivity contribution in [1.29, 1.82) is 0 Å². The van der Waals surface area contributed by atoms with Crippen LogP contribution in [0.25, 0.3) is 0 Å². The predicted octanol–water partition coefficient (Wildman–Crippen LogP) is 3.86. The maximum Gasteiger partial charge on any atom is 0.306 e. The lowest BCUT2D eigenvalue weighted by molar-refractivity contribution is -0.387. The molecule has 0 radical (unpaired) electrons. The summed E-state index contributed by atoms with van der Waals surface area (Å²) in [6, 6.07) is 10.5. The molecule has 1 amide bonds. The Bertz CT molecular complexity index is 752. The van der Waals surface area contributed by atoms with Crippen molar-refractivity contribution in [3.8, 4) is 5.75 Å². The fraction of sp³-hybridized carbons (Fsp3) is 0.188. The summed E-state index contributed by atoms with van der Waals surface area (Å²) in [6.45, 7) is 1.71. The van der Waals surface area contributed by atoms with E-state index in [1.165, 1.54) is 17.8 Å². The van der Waals surface area contributed by atoms with Crippen LogP contribution in [0.1, 0.15) is 6.92 Å². The first-order valence-corrected chi connectivity index (χ1v) is 7.84. The molecule has 0 saturated heterocycles. The minimum Gasteiger partial charge on any atom is -0.497 e. The average molecular weight is 350 g/mol. The van der Waals surface area contributed by atoms with Gasteiger partial charge in [-0.3, -0.25) is 14.9 Å². The number of benzene rings is 2. The molecule has 1 N–H and O–H groups in total. The predicted molar refractivity (Wildman–Crippen MR) is 90.0 cm³/mol. The number of amides is 1. The number of ether oxygens (including phenoxy) is 1. The van der Waals surface area contributed by atoms with Crippen molar-refractivity contribution < 1.29 is 18.8 Å². The number of anilines is 1. The van der Waals surface area contributed by atoms with Crippen LogP contribution in [0, 0.1) is 15.9 Å². The summed E-state index contributed by atoms with van der Waals surface area (Å²) >= 11 is 1.33. The zero-order valence-electron chi connectivity index (χ0n) is 13.0. The van der Waals surface area contributed by atoms with Gasteiger partial charge in [-0.15, -0.1) is 11.8 Å². The Kier molecular flexibility index (Phi) is 5.75. The maximum atomic E-state index is 13.3. The van der Waals surface area contributed by atoms with Crippen molar-refractivity contribution in [3.05, 3.63) is 58.4 Å². The Labute approximate surface area is 142 Å². The van der Waals surface area contributed by atoms with Crippen LogP contribution in [0.3, 0.4) is 0 Å². The molecule has 0 aromatic heterocycles. The van der Waals surface area contributed by atoms with E-state index in [2.05, 4.69) is 5.32 Å². The molecule has 0 saturated carbocycles. The monoisotopic (exact) mass is 350 g/mol. The number of thioether (sulfide) groups is 1. The van der Waals surface area contributed by atoms with E-state index in [9.17, 15) is 19.3 Å². The molecule has 0 heterocycles. The number of methoxy groups -OCH3 is 1. The summed E-state index contributed by atoms with van der Waals surface area (Å²) in [6.07, 6.45) is 0. The first kappa shape index (κ1) is 17.7. The van der Waals surface area contributed by atoms with Crippen molar-refractivity contribution >= 4 is 29.0 Å². The molecule has 0 spiro atoms.